The van der Waals surface area contributed by atoms with Gasteiger partial charge < -0.3 is 9.88 Å². The van der Waals surface area contributed by atoms with Gasteiger partial charge in [-0.25, -0.2) is 0 Å². The summed E-state index contributed by atoms with van der Waals surface area (Å²) in [4.78, 5) is 5.36. The Morgan fingerprint density at radius 2 is 2.00 bits per heavy atom. The Hall–Kier alpha value is -0.990. The summed E-state index contributed by atoms with van der Waals surface area (Å²) >= 11 is 6.18. The van der Waals surface area contributed by atoms with Gasteiger partial charge in [0.05, 0.1) is 0 Å². The number of likely N-dealkylation sites (N-methyl/N-ethyl adjacent to an activating group) is 1. The highest BCUT2D eigenvalue weighted by atomic mass is 35.5. The number of fused-ring (bicyclic) bond motifs is 1. The minimum absolute atomic E-state index is 0.776. The summed E-state index contributed by atoms with van der Waals surface area (Å²) in [5, 5.41) is 2.02. The standard InChI is InChI=1S/C12H15ClN2/c1-15(2)8-7-10-9-5-3-4-6-11(9)14-12(10)13/h3-6,14H,7-8H2,1-2H3. The molecule has 0 atom stereocenters. The highest BCUT2D eigenvalue weighted by molar-refractivity contribution is 6.31. The maximum atomic E-state index is 6.18. The van der Waals surface area contributed by atoms with Gasteiger partial charge in [0.15, 0.2) is 0 Å². The van der Waals surface area contributed by atoms with Crippen LogP contribution in [-0.2, 0) is 6.42 Å². The Bertz CT molecular complexity index is 460. The molecule has 2 aromatic rings. The van der Waals surface area contributed by atoms with Crippen molar-refractivity contribution in [2.24, 2.45) is 0 Å². The van der Waals surface area contributed by atoms with E-state index in [1.165, 1.54) is 10.9 Å². The summed E-state index contributed by atoms with van der Waals surface area (Å²) in [6, 6.07) is 8.24. The molecule has 1 aromatic carbocycles. The molecular formula is C12H15ClN2. The molecule has 1 heterocycles. The van der Waals surface area contributed by atoms with Gasteiger partial charge >= 0.3 is 0 Å². The summed E-state index contributed by atoms with van der Waals surface area (Å²) < 4.78 is 0. The van der Waals surface area contributed by atoms with Gasteiger partial charge in [0.1, 0.15) is 5.15 Å². The van der Waals surface area contributed by atoms with E-state index in [9.17, 15) is 0 Å². The van der Waals surface area contributed by atoms with Crippen molar-refractivity contribution >= 4 is 22.5 Å². The topological polar surface area (TPSA) is 19.0 Å². The number of para-hydroxylation sites is 1. The first-order chi connectivity index (χ1) is 7.18. The Kier molecular flexibility index (Phi) is 2.98. The molecule has 0 saturated carbocycles. The maximum Gasteiger partial charge on any atom is 0.110 e. The van der Waals surface area contributed by atoms with E-state index in [-0.39, 0.29) is 0 Å². The molecule has 3 heteroatoms. The van der Waals surface area contributed by atoms with E-state index in [2.05, 4.69) is 36.1 Å². The summed E-state index contributed by atoms with van der Waals surface area (Å²) in [5.74, 6) is 0. The number of rotatable bonds is 3. The zero-order valence-corrected chi connectivity index (χ0v) is 9.80. The Morgan fingerprint density at radius 3 is 2.73 bits per heavy atom. The second-order valence-corrected chi connectivity index (χ2v) is 4.39. The lowest BCUT2D eigenvalue weighted by Gasteiger charge is -2.08. The molecule has 0 aliphatic heterocycles. The molecule has 2 nitrogen and oxygen atoms in total. The monoisotopic (exact) mass is 222 g/mol. The van der Waals surface area contributed by atoms with Crippen LogP contribution in [0, 0.1) is 0 Å². The Balaban J connectivity index is 2.36. The van der Waals surface area contributed by atoms with Crippen LogP contribution >= 0.6 is 11.6 Å². The number of halogens is 1. The van der Waals surface area contributed by atoms with Gasteiger partial charge in [0, 0.05) is 17.4 Å². The number of aromatic nitrogens is 1. The van der Waals surface area contributed by atoms with Crippen molar-refractivity contribution in [3.63, 3.8) is 0 Å². The van der Waals surface area contributed by atoms with Gasteiger partial charge in [0.2, 0.25) is 0 Å². The van der Waals surface area contributed by atoms with Crippen LogP contribution < -0.4 is 0 Å². The smallest absolute Gasteiger partial charge is 0.110 e. The fourth-order valence-electron chi connectivity index (χ4n) is 1.75. The predicted molar refractivity (Wildman–Crippen MR) is 65.6 cm³/mol. The van der Waals surface area contributed by atoms with E-state index in [1.807, 2.05) is 12.1 Å². The molecule has 0 unspecified atom stereocenters. The first kappa shape index (κ1) is 10.5. The van der Waals surface area contributed by atoms with Crippen LogP contribution in [-0.4, -0.2) is 30.5 Å². The second kappa shape index (κ2) is 4.25. The number of aromatic amines is 1. The molecule has 2 rings (SSSR count). The normalized spacial score (nSPS) is 11.5. The molecule has 0 aliphatic carbocycles. The molecule has 1 N–H and O–H groups in total. The van der Waals surface area contributed by atoms with E-state index < -0.39 is 0 Å². The SMILES string of the molecule is CN(C)CCc1c(Cl)[nH]c2ccccc12. The van der Waals surface area contributed by atoms with Crippen LogP contribution in [0.15, 0.2) is 24.3 Å². The van der Waals surface area contributed by atoms with Crippen LogP contribution in [0.2, 0.25) is 5.15 Å². The van der Waals surface area contributed by atoms with Crippen molar-refractivity contribution in [2.75, 3.05) is 20.6 Å². The fourth-order valence-corrected chi connectivity index (χ4v) is 2.05. The van der Waals surface area contributed by atoms with Crippen molar-refractivity contribution in [3.8, 4) is 0 Å². The van der Waals surface area contributed by atoms with Crippen molar-refractivity contribution in [1.29, 1.82) is 0 Å². The minimum atomic E-state index is 0.776. The van der Waals surface area contributed by atoms with Crippen LogP contribution in [0.1, 0.15) is 5.56 Å². The van der Waals surface area contributed by atoms with Crippen LogP contribution in [0.5, 0.6) is 0 Å². The van der Waals surface area contributed by atoms with Gasteiger partial charge in [-0.2, -0.15) is 0 Å². The molecule has 0 amide bonds. The zero-order chi connectivity index (χ0) is 10.8. The van der Waals surface area contributed by atoms with Crippen molar-refractivity contribution in [1.82, 2.24) is 9.88 Å². The van der Waals surface area contributed by atoms with Crippen molar-refractivity contribution in [3.05, 3.63) is 35.0 Å². The lowest BCUT2D eigenvalue weighted by molar-refractivity contribution is 0.414. The highest BCUT2D eigenvalue weighted by Gasteiger charge is 2.08. The summed E-state index contributed by atoms with van der Waals surface area (Å²) in [7, 11) is 4.14. The van der Waals surface area contributed by atoms with E-state index in [4.69, 9.17) is 11.6 Å². The van der Waals surface area contributed by atoms with Gasteiger partial charge in [-0.3, -0.25) is 0 Å². The Labute approximate surface area is 94.8 Å². The molecule has 15 heavy (non-hydrogen) atoms. The van der Waals surface area contributed by atoms with Crippen LogP contribution in [0.25, 0.3) is 10.9 Å². The zero-order valence-electron chi connectivity index (χ0n) is 9.05. The molecule has 80 valence electrons. The summed E-state index contributed by atoms with van der Waals surface area (Å²) in [6.45, 7) is 1.02. The number of benzene rings is 1. The first-order valence-electron chi connectivity index (χ1n) is 5.08. The average molecular weight is 223 g/mol. The van der Waals surface area contributed by atoms with E-state index in [0.29, 0.717) is 0 Å². The second-order valence-electron chi connectivity index (χ2n) is 4.02. The quantitative estimate of drug-likeness (QED) is 0.846. The Morgan fingerprint density at radius 1 is 1.27 bits per heavy atom. The molecule has 0 spiro atoms. The largest absolute Gasteiger partial charge is 0.345 e. The molecule has 0 fully saturated rings. The number of nitrogens with one attached hydrogen (secondary N) is 1. The number of H-pyrrole nitrogens is 1. The van der Waals surface area contributed by atoms with Crippen LogP contribution in [0.4, 0.5) is 0 Å². The average Bonchev–Trinajstić information content (AvgIpc) is 2.50. The number of nitrogens with zero attached hydrogens (tertiary/aromatic N) is 1. The van der Waals surface area contributed by atoms with E-state index in [1.54, 1.807) is 0 Å². The molecule has 0 saturated heterocycles. The van der Waals surface area contributed by atoms with Gasteiger partial charge in [0.25, 0.3) is 0 Å². The third-order valence-corrected chi connectivity index (χ3v) is 2.89. The molecule has 0 bridgehead atoms. The number of hydrogen-bond donors (Lipinski definition) is 1. The summed E-state index contributed by atoms with van der Waals surface area (Å²) in [5.41, 5.74) is 2.34. The van der Waals surface area contributed by atoms with E-state index in [0.717, 1.165) is 23.6 Å². The minimum Gasteiger partial charge on any atom is -0.345 e. The molecule has 0 aliphatic rings. The van der Waals surface area contributed by atoms with Crippen LogP contribution in [0.3, 0.4) is 0 Å². The first-order valence-corrected chi connectivity index (χ1v) is 5.46. The third kappa shape index (κ3) is 2.16. The predicted octanol–water partition coefficient (Wildman–Crippen LogP) is 2.93. The van der Waals surface area contributed by atoms with Gasteiger partial charge in [-0.1, -0.05) is 29.8 Å². The van der Waals surface area contributed by atoms with Gasteiger partial charge in [-0.15, -0.1) is 0 Å². The maximum absolute atomic E-state index is 6.18. The lowest BCUT2D eigenvalue weighted by atomic mass is 10.1. The molecular weight excluding hydrogens is 208 g/mol. The molecule has 1 aromatic heterocycles. The lowest BCUT2D eigenvalue weighted by Crippen LogP contribution is -2.15. The third-order valence-electron chi connectivity index (χ3n) is 2.57. The molecule has 0 radical (unpaired) electrons. The summed E-state index contributed by atoms with van der Waals surface area (Å²) in [6.07, 6.45) is 0.982. The van der Waals surface area contributed by atoms with Crippen molar-refractivity contribution < 1.29 is 0 Å². The number of hydrogen-bond acceptors (Lipinski definition) is 1. The van der Waals surface area contributed by atoms with Gasteiger partial charge in [-0.05, 0) is 32.1 Å². The highest BCUT2D eigenvalue weighted by Crippen LogP contribution is 2.26. The fraction of sp³-hybridized carbons (Fsp3) is 0.333. The van der Waals surface area contributed by atoms with Crippen molar-refractivity contribution in [2.45, 2.75) is 6.42 Å². The van der Waals surface area contributed by atoms with E-state index >= 15 is 0 Å².